The number of halogens is 1. The Morgan fingerprint density at radius 3 is 2.62 bits per heavy atom. The molecule has 5 nitrogen and oxygen atoms in total. The van der Waals surface area contributed by atoms with Crippen molar-refractivity contribution in [3.8, 4) is 0 Å². The summed E-state index contributed by atoms with van der Waals surface area (Å²) in [7, 11) is 0. The molecule has 1 aliphatic rings. The van der Waals surface area contributed by atoms with E-state index in [0.717, 1.165) is 13.0 Å². The Labute approximate surface area is 100 Å². The molecule has 0 saturated heterocycles. The first-order chi connectivity index (χ1) is 7.78. The van der Waals surface area contributed by atoms with E-state index in [1.54, 1.807) is 0 Å². The van der Waals surface area contributed by atoms with Gasteiger partial charge < -0.3 is 10.6 Å². The molecular weight excluding hydrogens is 226 g/mol. The number of nitrogens with zero attached hydrogens (tertiary/aromatic N) is 3. The Bertz CT molecular complexity index is 353. The third-order valence-electron chi connectivity index (χ3n) is 2.58. The van der Waals surface area contributed by atoms with Gasteiger partial charge in [0, 0.05) is 12.6 Å². The average Bonchev–Trinajstić information content (AvgIpc) is 2.20. The highest BCUT2D eigenvalue weighted by Crippen LogP contribution is 2.22. The van der Waals surface area contributed by atoms with Crippen LogP contribution in [-0.2, 0) is 0 Å². The first kappa shape index (κ1) is 11.4. The Hall–Kier alpha value is -1.10. The molecular formula is C10H16ClN5. The molecule has 0 aromatic carbocycles. The number of anilines is 2. The summed E-state index contributed by atoms with van der Waals surface area (Å²) in [5.41, 5.74) is 0. The van der Waals surface area contributed by atoms with E-state index >= 15 is 0 Å². The Morgan fingerprint density at radius 2 is 2.00 bits per heavy atom. The van der Waals surface area contributed by atoms with Gasteiger partial charge in [0.25, 0.3) is 0 Å². The summed E-state index contributed by atoms with van der Waals surface area (Å²) < 4.78 is 0. The molecule has 0 atom stereocenters. The lowest BCUT2D eigenvalue weighted by Gasteiger charge is -2.26. The second kappa shape index (κ2) is 5.30. The molecule has 2 N–H and O–H groups in total. The first-order valence-electron chi connectivity index (χ1n) is 5.70. The van der Waals surface area contributed by atoms with Gasteiger partial charge in [0.15, 0.2) is 0 Å². The van der Waals surface area contributed by atoms with E-state index in [1.165, 1.54) is 19.3 Å². The van der Waals surface area contributed by atoms with Crippen LogP contribution in [0.4, 0.5) is 11.9 Å². The van der Waals surface area contributed by atoms with Gasteiger partial charge in [0.1, 0.15) is 0 Å². The van der Waals surface area contributed by atoms with Gasteiger partial charge in [-0.2, -0.15) is 15.0 Å². The summed E-state index contributed by atoms with van der Waals surface area (Å²) in [6, 6.07) is 0.498. The van der Waals surface area contributed by atoms with E-state index in [4.69, 9.17) is 11.6 Å². The van der Waals surface area contributed by atoms with Crippen LogP contribution in [0.3, 0.4) is 0 Å². The van der Waals surface area contributed by atoms with E-state index in [9.17, 15) is 0 Å². The molecule has 88 valence electrons. The highest BCUT2D eigenvalue weighted by atomic mass is 35.5. The number of hydrogen-bond donors (Lipinski definition) is 2. The van der Waals surface area contributed by atoms with Crippen LogP contribution in [-0.4, -0.2) is 27.5 Å². The Morgan fingerprint density at radius 1 is 1.25 bits per heavy atom. The second-order valence-electron chi connectivity index (χ2n) is 3.95. The minimum atomic E-state index is 0.232. The van der Waals surface area contributed by atoms with Crippen molar-refractivity contribution in [3.63, 3.8) is 0 Å². The van der Waals surface area contributed by atoms with E-state index < -0.39 is 0 Å². The molecule has 0 aliphatic heterocycles. The van der Waals surface area contributed by atoms with Crippen LogP contribution < -0.4 is 10.6 Å². The lowest BCUT2D eigenvalue weighted by molar-refractivity contribution is 0.443. The van der Waals surface area contributed by atoms with Crippen molar-refractivity contribution in [2.75, 3.05) is 17.2 Å². The molecule has 1 aromatic heterocycles. The highest BCUT2D eigenvalue weighted by molar-refractivity contribution is 6.28. The molecule has 6 heteroatoms. The molecule has 1 fully saturated rings. The molecule has 2 rings (SSSR count). The molecule has 0 unspecified atom stereocenters. The van der Waals surface area contributed by atoms with Gasteiger partial charge in [-0.15, -0.1) is 0 Å². The molecule has 0 amide bonds. The number of rotatable bonds is 5. The Balaban J connectivity index is 2.02. The van der Waals surface area contributed by atoms with E-state index in [1.807, 2.05) is 0 Å². The van der Waals surface area contributed by atoms with Crippen LogP contribution in [0.15, 0.2) is 0 Å². The SMILES string of the molecule is CCCNc1nc(Cl)nc(NC2CCC2)n1. The predicted octanol–water partition coefficient (Wildman–Crippen LogP) is 2.31. The minimum Gasteiger partial charge on any atom is -0.354 e. The van der Waals surface area contributed by atoms with Crippen molar-refractivity contribution >= 4 is 23.5 Å². The number of nitrogens with one attached hydrogen (secondary N) is 2. The summed E-state index contributed by atoms with van der Waals surface area (Å²) in [5, 5.41) is 6.58. The first-order valence-corrected chi connectivity index (χ1v) is 6.07. The summed E-state index contributed by atoms with van der Waals surface area (Å²) in [5.74, 6) is 1.12. The fourth-order valence-electron chi connectivity index (χ4n) is 1.47. The third kappa shape index (κ3) is 2.95. The summed E-state index contributed by atoms with van der Waals surface area (Å²) in [6.45, 7) is 2.92. The van der Waals surface area contributed by atoms with Crippen LogP contribution in [0.5, 0.6) is 0 Å². The average molecular weight is 242 g/mol. The molecule has 1 aromatic rings. The minimum absolute atomic E-state index is 0.232. The monoisotopic (exact) mass is 241 g/mol. The fourth-order valence-corrected chi connectivity index (χ4v) is 1.63. The van der Waals surface area contributed by atoms with Gasteiger partial charge in [-0.05, 0) is 37.3 Å². The van der Waals surface area contributed by atoms with Gasteiger partial charge in [-0.25, -0.2) is 0 Å². The van der Waals surface area contributed by atoms with Crippen molar-refractivity contribution < 1.29 is 0 Å². The van der Waals surface area contributed by atoms with Gasteiger partial charge >= 0.3 is 0 Å². The normalized spacial score (nSPS) is 15.6. The summed E-state index contributed by atoms with van der Waals surface area (Å²) in [4.78, 5) is 12.3. The van der Waals surface area contributed by atoms with Crippen LogP contribution >= 0.6 is 11.6 Å². The second-order valence-corrected chi connectivity index (χ2v) is 4.29. The zero-order chi connectivity index (χ0) is 11.4. The van der Waals surface area contributed by atoms with E-state index in [0.29, 0.717) is 17.9 Å². The van der Waals surface area contributed by atoms with Crippen molar-refractivity contribution in [2.45, 2.75) is 38.6 Å². The van der Waals surface area contributed by atoms with Crippen LogP contribution in [0, 0.1) is 0 Å². The Kier molecular flexibility index (Phi) is 3.77. The van der Waals surface area contributed by atoms with Crippen LogP contribution in [0.1, 0.15) is 32.6 Å². The van der Waals surface area contributed by atoms with Crippen molar-refractivity contribution in [3.05, 3.63) is 5.28 Å². The number of aromatic nitrogens is 3. The molecule has 1 saturated carbocycles. The molecule has 0 spiro atoms. The fraction of sp³-hybridized carbons (Fsp3) is 0.700. The maximum Gasteiger partial charge on any atom is 0.229 e. The molecule has 1 aliphatic carbocycles. The van der Waals surface area contributed by atoms with Gasteiger partial charge in [0.05, 0.1) is 0 Å². The molecule has 1 heterocycles. The van der Waals surface area contributed by atoms with Crippen LogP contribution in [0.2, 0.25) is 5.28 Å². The van der Waals surface area contributed by atoms with Gasteiger partial charge in [0.2, 0.25) is 17.2 Å². The van der Waals surface area contributed by atoms with Crippen molar-refractivity contribution in [2.24, 2.45) is 0 Å². The summed E-state index contributed by atoms with van der Waals surface area (Å²) >= 11 is 5.83. The topological polar surface area (TPSA) is 62.7 Å². The molecule has 0 radical (unpaired) electrons. The lowest BCUT2D eigenvalue weighted by Crippen LogP contribution is -2.28. The number of hydrogen-bond acceptors (Lipinski definition) is 5. The predicted molar refractivity (Wildman–Crippen MR) is 64.9 cm³/mol. The quantitative estimate of drug-likeness (QED) is 0.828. The van der Waals surface area contributed by atoms with Gasteiger partial charge in [-0.3, -0.25) is 0 Å². The summed E-state index contributed by atoms with van der Waals surface area (Å²) in [6.07, 6.45) is 4.66. The standard InChI is InChI=1S/C10H16ClN5/c1-2-6-12-9-14-8(11)15-10(16-9)13-7-4-3-5-7/h7H,2-6H2,1H3,(H2,12,13,14,15,16). The maximum atomic E-state index is 5.83. The van der Waals surface area contributed by atoms with Gasteiger partial charge in [-0.1, -0.05) is 6.92 Å². The highest BCUT2D eigenvalue weighted by Gasteiger charge is 2.18. The lowest BCUT2D eigenvalue weighted by atomic mass is 9.93. The molecule has 16 heavy (non-hydrogen) atoms. The third-order valence-corrected chi connectivity index (χ3v) is 2.75. The van der Waals surface area contributed by atoms with E-state index in [-0.39, 0.29) is 5.28 Å². The smallest absolute Gasteiger partial charge is 0.229 e. The van der Waals surface area contributed by atoms with Crippen molar-refractivity contribution in [1.82, 2.24) is 15.0 Å². The van der Waals surface area contributed by atoms with Crippen LogP contribution in [0.25, 0.3) is 0 Å². The largest absolute Gasteiger partial charge is 0.354 e. The molecule has 0 bridgehead atoms. The van der Waals surface area contributed by atoms with E-state index in [2.05, 4.69) is 32.5 Å². The zero-order valence-corrected chi connectivity index (χ0v) is 10.1. The van der Waals surface area contributed by atoms with Crippen molar-refractivity contribution in [1.29, 1.82) is 0 Å². The maximum absolute atomic E-state index is 5.83. The zero-order valence-electron chi connectivity index (χ0n) is 9.33.